The van der Waals surface area contributed by atoms with E-state index in [1.165, 1.54) is 28.4 Å². The van der Waals surface area contributed by atoms with Crippen LogP contribution >= 0.6 is 0 Å². The van der Waals surface area contributed by atoms with Crippen molar-refractivity contribution in [2.75, 3.05) is 35.0 Å². The highest BCUT2D eigenvalue weighted by Gasteiger charge is 2.54. The maximum absolute atomic E-state index is 10.9. The fourth-order valence-corrected chi connectivity index (χ4v) is 4.90. The van der Waals surface area contributed by atoms with Crippen LogP contribution in [0, 0.1) is 0 Å². The monoisotopic (exact) mass is 528 g/mol. The van der Waals surface area contributed by atoms with E-state index in [1.807, 2.05) is 0 Å². The molecule has 3 fully saturated rings. The van der Waals surface area contributed by atoms with Crippen molar-refractivity contribution in [2.24, 2.45) is 0 Å². The summed E-state index contributed by atoms with van der Waals surface area (Å²) in [6, 6.07) is 0. The van der Waals surface area contributed by atoms with Crippen LogP contribution in [-0.4, -0.2) is 153 Å². The largest absolute Gasteiger partial charge is 0.394 e. The molecule has 3 heterocycles. The third-order valence-corrected chi connectivity index (χ3v) is 7.00. The number of rotatable bonds is 9. The zero-order chi connectivity index (χ0) is 26.7. The van der Waals surface area contributed by atoms with Gasteiger partial charge in [0.05, 0.1) is 18.8 Å². The number of hydrogen-bond acceptors (Lipinski definition) is 14. The Morgan fingerprint density at radius 3 is 1.58 bits per heavy atom. The second kappa shape index (κ2) is 13.0. The van der Waals surface area contributed by atoms with Gasteiger partial charge in [-0.2, -0.15) is 0 Å². The minimum Gasteiger partial charge on any atom is -0.394 e. The Balaban J connectivity index is 1.85. The Kier molecular flexibility index (Phi) is 10.8. The average molecular weight is 529 g/mol. The van der Waals surface area contributed by atoms with Gasteiger partial charge in [0.1, 0.15) is 61.0 Å². The van der Waals surface area contributed by atoms with Crippen molar-refractivity contribution in [3.8, 4) is 0 Å². The molecule has 3 rings (SSSR count). The van der Waals surface area contributed by atoms with Gasteiger partial charge in [-0.1, -0.05) is 0 Å². The van der Waals surface area contributed by atoms with Crippen molar-refractivity contribution >= 4 is 0 Å². The molecule has 0 aromatic heterocycles. The molecule has 0 aliphatic carbocycles. The second-order valence-corrected chi connectivity index (χ2v) is 9.14. The van der Waals surface area contributed by atoms with Crippen LogP contribution in [0.4, 0.5) is 0 Å². The lowest BCUT2D eigenvalue weighted by atomic mass is 9.96. The van der Waals surface area contributed by atoms with Crippen molar-refractivity contribution in [3.05, 3.63) is 0 Å². The number of aliphatic hydroxyl groups excluding tert-OH is 5. The molecule has 3 aliphatic heterocycles. The van der Waals surface area contributed by atoms with E-state index < -0.39 is 98.7 Å². The van der Waals surface area contributed by atoms with Gasteiger partial charge in [0.15, 0.2) is 18.9 Å². The van der Waals surface area contributed by atoms with Gasteiger partial charge in [0, 0.05) is 28.4 Å². The molecule has 3 saturated heterocycles. The topological polar surface area (TPSA) is 184 Å². The van der Waals surface area contributed by atoms with Crippen LogP contribution < -0.4 is 0 Å². The van der Waals surface area contributed by atoms with Crippen molar-refractivity contribution in [3.63, 3.8) is 0 Å². The number of ether oxygens (including phenoxy) is 9. The van der Waals surface area contributed by atoms with E-state index in [9.17, 15) is 25.5 Å². The minimum atomic E-state index is -1.42. The Bertz CT molecular complexity index is 671. The minimum absolute atomic E-state index is 0.449. The molecule has 15 atom stereocenters. The van der Waals surface area contributed by atoms with Crippen molar-refractivity contribution in [1.82, 2.24) is 0 Å². The Morgan fingerprint density at radius 1 is 0.556 bits per heavy atom. The molecule has 0 radical (unpaired) electrons. The van der Waals surface area contributed by atoms with Crippen LogP contribution in [0.3, 0.4) is 0 Å². The summed E-state index contributed by atoms with van der Waals surface area (Å²) >= 11 is 0. The fourth-order valence-electron chi connectivity index (χ4n) is 4.90. The summed E-state index contributed by atoms with van der Waals surface area (Å²) in [7, 11) is 5.47. The first-order valence-electron chi connectivity index (χ1n) is 11.8. The van der Waals surface area contributed by atoms with Crippen molar-refractivity contribution in [2.45, 2.75) is 106 Å². The van der Waals surface area contributed by atoms with Gasteiger partial charge in [-0.15, -0.1) is 0 Å². The van der Waals surface area contributed by atoms with Gasteiger partial charge < -0.3 is 68.2 Å². The van der Waals surface area contributed by atoms with Crippen LogP contribution in [0.15, 0.2) is 0 Å². The van der Waals surface area contributed by atoms with Crippen LogP contribution in [0.5, 0.6) is 0 Å². The lowest BCUT2D eigenvalue weighted by Gasteiger charge is -2.49. The molecule has 0 aromatic rings. The van der Waals surface area contributed by atoms with Gasteiger partial charge in [-0.05, 0) is 13.8 Å². The van der Waals surface area contributed by atoms with Gasteiger partial charge >= 0.3 is 0 Å². The molecule has 14 heteroatoms. The predicted octanol–water partition coefficient (Wildman–Crippen LogP) is -2.90. The number of hydrogen-bond donors (Lipinski definition) is 5. The number of methoxy groups -OCH3 is 4. The molecule has 3 aliphatic rings. The first-order valence-corrected chi connectivity index (χ1v) is 11.8. The molecule has 212 valence electrons. The fraction of sp³-hybridized carbons (Fsp3) is 1.00. The summed E-state index contributed by atoms with van der Waals surface area (Å²) in [5, 5.41) is 51.6. The first kappa shape index (κ1) is 30.0. The molecule has 0 saturated carbocycles. The maximum Gasteiger partial charge on any atom is 0.187 e. The molecular weight excluding hydrogens is 488 g/mol. The molecule has 14 nitrogen and oxygen atoms in total. The number of aliphatic hydroxyl groups is 5. The molecule has 0 aromatic carbocycles. The third kappa shape index (κ3) is 5.87. The quantitative estimate of drug-likeness (QED) is 0.205. The van der Waals surface area contributed by atoms with Gasteiger partial charge in [-0.25, -0.2) is 0 Å². The van der Waals surface area contributed by atoms with E-state index in [4.69, 9.17) is 42.6 Å². The molecule has 0 unspecified atom stereocenters. The summed E-state index contributed by atoms with van der Waals surface area (Å²) in [5.74, 6) is 0. The summed E-state index contributed by atoms with van der Waals surface area (Å²) in [5.41, 5.74) is 0. The third-order valence-electron chi connectivity index (χ3n) is 7.00. The van der Waals surface area contributed by atoms with E-state index in [-0.39, 0.29) is 0 Å². The highest BCUT2D eigenvalue weighted by atomic mass is 16.8. The summed E-state index contributed by atoms with van der Waals surface area (Å²) < 4.78 is 51.1. The average Bonchev–Trinajstić information content (AvgIpc) is 2.85. The SMILES string of the molecule is CO[C@@H]1[C@H](O[C@@H]2[C@@H](O)[C@H](C)O[C@@H](O[C@H]3[C@@H](OC)[C@H](O)O[C@@H](CO)[C@@H]3OC)[C@@H]2OC)O[C@@H](C)[C@@H](O)[C@H]1O. The van der Waals surface area contributed by atoms with E-state index >= 15 is 0 Å². The van der Waals surface area contributed by atoms with Gasteiger partial charge in [0.2, 0.25) is 0 Å². The van der Waals surface area contributed by atoms with Crippen LogP contribution in [0.1, 0.15) is 13.8 Å². The van der Waals surface area contributed by atoms with Crippen LogP contribution in [-0.2, 0) is 42.6 Å². The smallest absolute Gasteiger partial charge is 0.187 e. The van der Waals surface area contributed by atoms with E-state index in [1.54, 1.807) is 13.8 Å². The van der Waals surface area contributed by atoms with Gasteiger partial charge in [-0.3, -0.25) is 0 Å². The second-order valence-electron chi connectivity index (χ2n) is 9.14. The van der Waals surface area contributed by atoms with Crippen molar-refractivity contribution < 1.29 is 68.2 Å². The highest BCUT2D eigenvalue weighted by molar-refractivity contribution is 4.96. The lowest BCUT2D eigenvalue weighted by Crippen LogP contribution is -2.66. The van der Waals surface area contributed by atoms with E-state index in [0.717, 1.165) is 0 Å². The van der Waals surface area contributed by atoms with Gasteiger partial charge in [0.25, 0.3) is 0 Å². The lowest BCUT2D eigenvalue weighted by molar-refractivity contribution is -0.379. The highest BCUT2D eigenvalue weighted by Crippen LogP contribution is 2.34. The summed E-state index contributed by atoms with van der Waals surface area (Å²) in [6.45, 7) is 2.73. The summed E-state index contributed by atoms with van der Waals surface area (Å²) in [4.78, 5) is 0. The Morgan fingerprint density at radius 2 is 1.06 bits per heavy atom. The summed E-state index contributed by atoms with van der Waals surface area (Å²) in [6.07, 6.45) is -15.9. The molecule has 0 spiro atoms. The normalized spacial score (nSPS) is 50.2. The maximum atomic E-state index is 10.9. The van der Waals surface area contributed by atoms with Crippen LogP contribution in [0.25, 0.3) is 0 Å². The van der Waals surface area contributed by atoms with E-state index in [2.05, 4.69) is 0 Å². The predicted molar refractivity (Wildman–Crippen MR) is 118 cm³/mol. The van der Waals surface area contributed by atoms with Crippen molar-refractivity contribution in [1.29, 1.82) is 0 Å². The molecular formula is C22H40O14. The molecule has 0 bridgehead atoms. The molecule has 5 N–H and O–H groups in total. The molecule has 36 heavy (non-hydrogen) atoms. The zero-order valence-electron chi connectivity index (χ0n) is 21.3. The van der Waals surface area contributed by atoms with Crippen LogP contribution in [0.2, 0.25) is 0 Å². The molecule has 0 amide bonds. The standard InChI is InChI=1S/C22H40O14/c1-8-11(24)13(26)16(29-4)21(32-8)35-15-12(25)9(2)33-22(19(15)31-6)36-17-14(28-3)10(7-23)34-20(27)18(17)30-5/h8-27H,7H2,1-6H3/t8-,9-,10-,11+,12-,13+,14-,15+,16-,17+,18+,19+,20+,21-,22-/m0/s1. The zero-order valence-corrected chi connectivity index (χ0v) is 21.3. The Hall–Kier alpha value is -0.560. The van der Waals surface area contributed by atoms with E-state index in [0.29, 0.717) is 0 Å². The first-order chi connectivity index (χ1) is 17.1. The Labute approximate surface area is 209 Å².